The topological polar surface area (TPSA) is 98.5 Å². The fraction of sp³-hybridized carbons (Fsp3) is 0.222. The van der Waals surface area contributed by atoms with Crippen LogP contribution < -0.4 is 5.32 Å². The van der Waals surface area contributed by atoms with Crippen LogP contribution in [-0.4, -0.2) is 23.4 Å². The van der Waals surface area contributed by atoms with Gasteiger partial charge >= 0.3 is 5.97 Å². The maximum absolute atomic E-state index is 12.0. The predicted molar refractivity (Wildman–Crippen MR) is 101 cm³/mol. The lowest BCUT2D eigenvalue weighted by Gasteiger charge is -2.16. The van der Waals surface area contributed by atoms with E-state index in [1.54, 1.807) is 31.2 Å². The Kier molecular flexibility index (Phi) is 7.15. The van der Waals surface area contributed by atoms with Crippen molar-refractivity contribution in [1.29, 1.82) is 0 Å². The normalized spacial score (nSPS) is 11.5. The molecule has 0 aliphatic heterocycles. The second-order valence-electron chi connectivity index (χ2n) is 5.68. The number of rotatable bonds is 7. The van der Waals surface area contributed by atoms with Crippen molar-refractivity contribution in [2.24, 2.45) is 0 Å². The highest BCUT2D eigenvalue weighted by molar-refractivity contribution is 6.35. The molecule has 0 radical (unpaired) electrons. The Bertz CT molecular complexity index is 873. The van der Waals surface area contributed by atoms with E-state index in [1.165, 1.54) is 18.2 Å². The molecule has 0 aliphatic rings. The first-order valence-electron chi connectivity index (χ1n) is 7.90. The minimum absolute atomic E-state index is 0.176. The van der Waals surface area contributed by atoms with Crippen LogP contribution in [0.5, 0.6) is 0 Å². The summed E-state index contributed by atoms with van der Waals surface area (Å²) in [5, 5.41) is 14.5. The van der Waals surface area contributed by atoms with Gasteiger partial charge in [-0.3, -0.25) is 19.7 Å². The van der Waals surface area contributed by atoms with Crippen LogP contribution in [0.3, 0.4) is 0 Å². The average Bonchev–Trinajstić information content (AvgIpc) is 2.60. The van der Waals surface area contributed by atoms with Gasteiger partial charge in [-0.15, -0.1) is 0 Å². The van der Waals surface area contributed by atoms with E-state index in [-0.39, 0.29) is 17.7 Å². The van der Waals surface area contributed by atoms with E-state index >= 15 is 0 Å². The molecular formula is C18H16Cl2N2O5. The van der Waals surface area contributed by atoms with Gasteiger partial charge in [0, 0.05) is 21.7 Å². The van der Waals surface area contributed by atoms with Crippen molar-refractivity contribution in [2.45, 2.75) is 19.4 Å². The van der Waals surface area contributed by atoms with Crippen LogP contribution >= 0.6 is 23.2 Å². The molecular weight excluding hydrogens is 395 g/mol. The SMILES string of the molecule is C[C@@H](NC(=O)COC(=O)Cc1ccccc1[N+](=O)[O-])c1ccc(Cl)cc1Cl. The molecule has 0 unspecified atom stereocenters. The first kappa shape index (κ1) is 20.7. The molecule has 2 rings (SSSR count). The minimum atomic E-state index is -0.739. The lowest BCUT2D eigenvalue weighted by molar-refractivity contribution is -0.385. The van der Waals surface area contributed by atoms with E-state index < -0.39 is 29.4 Å². The molecule has 0 saturated heterocycles. The van der Waals surface area contributed by atoms with Gasteiger partial charge in [-0.05, 0) is 24.6 Å². The van der Waals surface area contributed by atoms with E-state index in [2.05, 4.69) is 5.32 Å². The molecule has 0 heterocycles. The molecule has 9 heteroatoms. The number of nitrogens with zero attached hydrogens (tertiary/aromatic N) is 1. The van der Waals surface area contributed by atoms with Gasteiger partial charge in [0.05, 0.1) is 17.4 Å². The minimum Gasteiger partial charge on any atom is -0.455 e. The zero-order chi connectivity index (χ0) is 20.0. The molecule has 142 valence electrons. The molecule has 1 amide bonds. The number of hydrogen-bond acceptors (Lipinski definition) is 5. The first-order valence-corrected chi connectivity index (χ1v) is 8.65. The van der Waals surface area contributed by atoms with Gasteiger partial charge in [0.1, 0.15) is 0 Å². The number of hydrogen-bond donors (Lipinski definition) is 1. The van der Waals surface area contributed by atoms with Crippen LogP contribution in [0.1, 0.15) is 24.1 Å². The van der Waals surface area contributed by atoms with Crippen molar-refractivity contribution in [3.63, 3.8) is 0 Å². The molecule has 0 fully saturated rings. The second kappa shape index (κ2) is 9.34. The molecule has 0 aromatic heterocycles. The summed E-state index contributed by atoms with van der Waals surface area (Å²) < 4.78 is 4.90. The van der Waals surface area contributed by atoms with E-state index in [0.29, 0.717) is 15.6 Å². The summed E-state index contributed by atoms with van der Waals surface area (Å²) in [5.74, 6) is -1.26. The summed E-state index contributed by atoms with van der Waals surface area (Å²) in [4.78, 5) is 34.2. The number of carbonyl (C=O) groups is 2. The molecule has 7 nitrogen and oxygen atoms in total. The summed E-state index contributed by atoms with van der Waals surface area (Å²) in [6, 6.07) is 10.3. The zero-order valence-corrected chi connectivity index (χ0v) is 15.8. The largest absolute Gasteiger partial charge is 0.455 e. The number of nitro groups is 1. The first-order chi connectivity index (χ1) is 12.8. The van der Waals surface area contributed by atoms with Gasteiger partial charge in [0.25, 0.3) is 11.6 Å². The van der Waals surface area contributed by atoms with Crippen molar-refractivity contribution in [3.05, 3.63) is 73.8 Å². The van der Waals surface area contributed by atoms with Crippen LogP contribution in [0.15, 0.2) is 42.5 Å². The third kappa shape index (κ3) is 5.94. The Morgan fingerprint density at radius 3 is 2.59 bits per heavy atom. The summed E-state index contributed by atoms with van der Waals surface area (Å²) in [6.45, 7) is 1.22. The van der Waals surface area contributed by atoms with Crippen LogP contribution in [0.2, 0.25) is 10.0 Å². The van der Waals surface area contributed by atoms with E-state index in [0.717, 1.165) is 0 Å². The third-order valence-electron chi connectivity index (χ3n) is 3.69. The Hall–Kier alpha value is -2.64. The molecule has 1 N–H and O–H groups in total. The molecule has 0 spiro atoms. The molecule has 27 heavy (non-hydrogen) atoms. The average molecular weight is 411 g/mol. The molecule has 2 aromatic rings. The van der Waals surface area contributed by atoms with Crippen LogP contribution in [-0.2, 0) is 20.7 Å². The number of amides is 1. The smallest absolute Gasteiger partial charge is 0.311 e. The van der Waals surface area contributed by atoms with Crippen molar-refractivity contribution >= 4 is 40.8 Å². The van der Waals surface area contributed by atoms with Crippen molar-refractivity contribution in [3.8, 4) is 0 Å². The summed E-state index contributed by atoms with van der Waals surface area (Å²) >= 11 is 11.9. The Balaban J connectivity index is 1.88. The van der Waals surface area contributed by atoms with Crippen LogP contribution in [0.25, 0.3) is 0 Å². The monoisotopic (exact) mass is 410 g/mol. The number of ether oxygens (including phenoxy) is 1. The zero-order valence-electron chi connectivity index (χ0n) is 14.3. The van der Waals surface area contributed by atoms with E-state index in [9.17, 15) is 19.7 Å². The van der Waals surface area contributed by atoms with Crippen molar-refractivity contribution in [2.75, 3.05) is 6.61 Å². The third-order valence-corrected chi connectivity index (χ3v) is 4.26. The maximum Gasteiger partial charge on any atom is 0.311 e. The van der Waals surface area contributed by atoms with Crippen LogP contribution in [0, 0.1) is 10.1 Å². The number of para-hydroxylation sites is 1. The van der Waals surface area contributed by atoms with E-state index in [1.807, 2.05) is 0 Å². The highest BCUT2D eigenvalue weighted by Crippen LogP contribution is 2.26. The van der Waals surface area contributed by atoms with Gasteiger partial charge in [-0.25, -0.2) is 0 Å². The van der Waals surface area contributed by atoms with Gasteiger partial charge in [0.2, 0.25) is 0 Å². The number of nitrogens with one attached hydrogen (secondary N) is 1. The number of carbonyl (C=O) groups excluding carboxylic acids is 2. The quantitative estimate of drug-likeness (QED) is 0.424. The highest BCUT2D eigenvalue weighted by Gasteiger charge is 2.18. The second-order valence-corrected chi connectivity index (χ2v) is 6.52. The summed E-state index contributed by atoms with van der Waals surface area (Å²) in [6.07, 6.45) is -0.303. The van der Waals surface area contributed by atoms with Gasteiger partial charge in [-0.2, -0.15) is 0 Å². The fourth-order valence-electron chi connectivity index (χ4n) is 2.40. The van der Waals surface area contributed by atoms with Gasteiger partial charge in [-0.1, -0.05) is 47.5 Å². The standard InChI is InChI=1S/C18H16Cl2N2O5/c1-11(14-7-6-13(19)9-15(14)20)21-17(23)10-27-18(24)8-12-4-2-3-5-16(12)22(25)26/h2-7,9,11H,8,10H2,1H3,(H,21,23)/t11-/m1/s1. The Morgan fingerprint density at radius 1 is 1.22 bits per heavy atom. The van der Waals surface area contributed by atoms with Gasteiger partial charge < -0.3 is 10.1 Å². The molecule has 2 aromatic carbocycles. The lowest BCUT2D eigenvalue weighted by Crippen LogP contribution is -2.31. The Morgan fingerprint density at radius 2 is 1.93 bits per heavy atom. The van der Waals surface area contributed by atoms with Crippen LogP contribution in [0.4, 0.5) is 5.69 Å². The van der Waals surface area contributed by atoms with E-state index in [4.69, 9.17) is 27.9 Å². The maximum atomic E-state index is 12.0. The summed E-state index contributed by atoms with van der Waals surface area (Å²) in [5.41, 5.74) is 0.708. The fourth-order valence-corrected chi connectivity index (χ4v) is 2.98. The number of nitro benzene ring substituents is 1. The Labute approximate surface area is 165 Å². The predicted octanol–water partition coefficient (Wildman–Crippen LogP) is 3.86. The molecule has 0 aliphatic carbocycles. The summed E-state index contributed by atoms with van der Waals surface area (Å²) in [7, 11) is 0. The molecule has 0 saturated carbocycles. The van der Waals surface area contributed by atoms with Crippen molar-refractivity contribution in [1.82, 2.24) is 5.32 Å². The van der Waals surface area contributed by atoms with Gasteiger partial charge in [0.15, 0.2) is 6.61 Å². The number of benzene rings is 2. The number of esters is 1. The van der Waals surface area contributed by atoms with Crippen molar-refractivity contribution < 1.29 is 19.2 Å². The molecule has 0 bridgehead atoms. The lowest BCUT2D eigenvalue weighted by atomic mass is 10.1. The number of halogens is 2. The molecule has 1 atom stereocenters. The highest BCUT2D eigenvalue weighted by atomic mass is 35.5.